The van der Waals surface area contributed by atoms with E-state index in [2.05, 4.69) is 20.7 Å². The number of halogens is 7. The maximum absolute atomic E-state index is 13.3. The van der Waals surface area contributed by atoms with Crippen molar-refractivity contribution in [1.82, 2.24) is 20.1 Å². The van der Waals surface area contributed by atoms with Crippen LogP contribution in [0.15, 0.2) is 36.4 Å². The lowest BCUT2D eigenvalue weighted by Crippen LogP contribution is -2.38. The van der Waals surface area contributed by atoms with Crippen LogP contribution >= 0.6 is 22.6 Å². The SMILES string of the molecule is Cc1cc(Cn2nc(C(F)(F)F)nc2C(F)(F)F)ccc1NC(=O)c1cccc(I)c1C(=O)N[C@@H](C)CS(C)(=O)=O. The lowest BCUT2D eigenvalue weighted by molar-refractivity contribution is -0.150. The number of nitrogens with one attached hydrogen (secondary N) is 2. The second kappa shape index (κ2) is 11.9. The third kappa shape index (κ3) is 8.40. The van der Waals surface area contributed by atoms with Gasteiger partial charge in [-0.2, -0.15) is 31.3 Å². The number of carbonyl (C=O) groups is 2. The molecule has 2 amide bonds. The van der Waals surface area contributed by atoms with Gasteiger partial charge in [0, 0.05) is 21.6 Å². The average Bonchev–Trinajstić information content (AvgIpc) is 3.24. The summed E-state index contributed by atoms with van der Waals surface area (Å²) in [6, 6.07) is 7.77. The van der Waals surface area contributed by atoms with Gasteiger partial charge in [-0.05, 0) is 65.8 Å². The first-order valence-electron chi connectivity index (χ1n) is 11.5. The van der Waals surface area contributed by atoms with E-state index in [0.717, 1.165) is 6.26 Å². The lowest BCUT2D eigenvalue weighted by atomic mass is 10.0. The first kappa shape index (κ1) is 32.3. The van der Waals surface area contributed by atoms with Gasteiger partial charge in [-0.1, -0.05) is 18.2 Å². The molecule has 0 saturated heterocycles. The minimum Gasteiger partial charge on any atom is -0.349 e. The van der Waals surface area contributed by atoms with Gasteiger partial charge in [0.1, 0.15) is 9.84 Å². The molecule has 2 aromatic carbocycles. The van der Waals surface area contributed by atoms with Crippen molar-refractivity contribution < 1.29 is 44.3 Å². The minimum atomic E-state index is -5.18. The van der Waals surface area contributed by atoms with Gasteiger partial charge in [-0.3, -0.25) is 9.59 Å². The van der Waals surface area contributed by atoms with Crippen LogP contribution in [0.25, 0.3) is 0 Å². The molecule has 0 radical (unpaired) electrons. The van der Waals surface area contributed by atoms with Gasteiger partial charge in [0.2, 0.25) is 5.82 Å². The highest BCUT2D eigenvalue weighted by Gasteiger charge is 2.44. The summed E-state index contributed by atoms with van der Waals surface area (Å²) >= 11 is 1.85. The van der Waals surface area contributed by atoms with Crippen LogP contribution < -0.4 is 10.6 Å². The Kier molecular flexibility index (Phi) is 9.41. The summed E-state index contributed by atoms with van der Waals surface area (Å²) in [7, 11) is -3.38. The van der Waals surface area contributed by atoms with Crippen molar-refractivity contribution in [2.75, 3.05) is 17.3 Å². The van der Waals surface area contributed by atoms with Gasteiger partial charge in [-0.25, -0.2) is 13.1 Å². The van der Waals surface area contributed by atoms with E-state index in [1.54, 1.807) is 6.07 Å². The quantitative estimate of drug-likeness (QED) is 0.258. The summed E-state index contributed by atoms with van der Waals surface area (Å²) < 4.78 is 102. The fourth-order valence-corrected chi connectivity index (χ4v) is 5.58. The van der Waals surface area contributed by atoms with Crippen LogP contribution in [0.2, 0.25) is 0 Å². The van der Waals surface area contributed by atoms with E-state index < -0.39 is 58.2 Å². The monoisotopic (exact) mass is 717 g/mol. The molecular weight excluding hydrogens is 695 g/mol. The molecule has 0 spiro atoms. The number of hydrogen-bond donors (Lipinski definition) is 2. The van der Waals surface area contributed by atoms with Crippen molar-refractivity contribution in [3.63, 3.8) is 0 Å². The Morgan fingerprint density at radius 3 is 2.27 bits per heavy atom. The van der Waals surface area contributed by atoms with Gasteiger partial charge in [-0.15, -0.1) is 5.10 Å². The zero-order valence-electron chi connectivity index (χ0n) is 21.5. The summed E-state index contributed by atoms with van der Waals surface area (Å²) in [5.41, 5.74) is 0.714. The third-order valence-electron chi connectivity index (χ3n) is 5.47. The predicted octanol–water partition coefficient (Wildman–Crippen LogP) is 4.69. The summed E-state index contributed by atoms with van der Waals surface area (Å²) in [6.07, 6.45) is -9.33. The predicted molar refractivity (Wildman–Crippen MR) is 144 cm³/mol. The van der Waals surface area contributed by atoms with E-state index in [4.69, 9.17) is 0 Å². The Labute approximate surface area is 243 Å². The fourth-order valence-electron chi connectivity index (χ4n) is 3.84. The number of rotatable bonds is 8. The molecule has 0 fully saturated rings. The zero-order valence-corrected chi connectivity index (χ0v) is 24.5. The van der Waals surface area contributed by atoms with Gasteiger partial charge in [0.15, 0.2) is 0 Å². The van der Waals surface area contributed by atoms with Gasteiger partial charge in [0.25, 0.3) is 17.6 Å². The number of benzene rings is 2. The molecule has 0 saturated carbocycles. The molecule has 2 N–H and O–H groups in total. The highest BCUT2D eigenvalue weighted by molar-refractivity contribution is 14.1. The maximum Gasteiger partial charge on any atom is 0.453 e. The van der Waals surface area contributed by atoms with Crippen molar-refractivity contribution in [1.29, 1.82) is 0 Å². The van der Waals surface area contributed by atoms with Crippen LogP contribution in [0.5, 0.6) is 0 Å². The molecule has 17 heteroatoms. The van der Waals surface area contributed by atoms with Crippen molar-refractivity contribution in [3.05, 3.63) is 73.9 Å². The Morgan fingerprint density at radius 1 is 1.05 bits per heavy atom. The van der Waals surface area contributed by atoms with Crippen LogP contribution in [0, 0.1) is 10.5 Å². The smallest absolute Gasteiger partial charge is 0.349 e. The molecule has 3 aromatic rings. The van der Waals surface area contributed by atoms with Crippen molar-refractivity contribution in [3.8, 4) is 0 Å². The number of alkyl halides is 6. The Hall–Kier alpha value is -3.22. The van der Waals surface area contributed by atoms with Crippen molar-refractivity contribution >= 4 is 49.9 Å². The lowest BCUT2D eigenvalue weighted by Gasteiger charge is -2.17. The Morgan fingerprint density at radius 2 is 1.71 bits per heavy atom. The zero-order chi connectivity index (χ0) is 30.9. The van der Waals surface area contributed by atoms with Crippen LogP contribution in [0.1, 0.15) is 50.4 Å². The van der Waals surface area contributed by atoms with Gasteiger partial charge >= 0.3 is 12.4 Å². The molecular formula is C24H22F6IN5O4S. The van der Waals surface area contributed by atoms with E-state index in [0.29, 0.717) is 9.13 Å². The molecule has 0 bridgehead atoms. The molecule has 1 atom stereocenters. The minimum absolute atomic E-state index is 0.00607. The molecule has 1 aromatic heterocycles. The second-order valence-electron chi connectivity index (χ2n) is 9.14. The highest BCUT2D eigenvalue weighted by Crippen LogP contribution is 2.33. The number of amides is 2. The molecule has 222 valence electrons. The number of sulfone groups is 1. The van der Waals surface area contributed by atoms with Crippen LogP contribution in [-0.4, -0.2) is 53.0 Å². The number of anilines is 1. The van der Waals surface area contributed by atoms with E-state index in [-0.39, 0.29) is 32.8 Å². The molecule has 0 aliphatic carbocycles. The van der Waals surface area contributed by atoms with E-state index in [9.17, 15) is 44.3 Å². The number of aryl methyl sites for hydroxylation is 1. The summed E-state index contributed by atoms with van der Waals surface area (Å²) in [5.74, 6) is -5.42. The topological polar surface area (TPSA) is 123 Å². The second-order valence-corrected chi connectivity index (χ2v) is 12.5. The van der Waals surface area contributed by atoms with E-state index in [1.807, 2.05) is 22.6 Å². The number of hydrogen-bond acceptors (Lipinski definition) is 6. The standard InChI is InChI=1S/C24H22F6IN5O4S/c1-12-9-14(10-36-22(24(28,29)30)34-21(35-36)23(25,26)27)7-8-17(12)33-19(37)15-5-4-6-16(31)18(15)20(38)32-13(2)11-41(3,39)40/h4-9,13H,10-11H2,1-3H3,(H,32,38)(H,33,37)/t13-/m0/s1. The Bertz CT molecular complexity index is 1590. The van der Waals surface area contributed by atoms with Crippen LogP contribution in [-0.2, 0) is 28.7 Å². The molecule has 1 heterocycles. The first-order chi connectivity index (χ1) is 18.8. The molecule has 0 aliphatic rings. The molecule has 9 nitrogen and oxygen atoms in total. The van der Waals surface area contributed by atoms with Crippen LogP contribution in [0.3, 0.4) is 0 Å². The molecule has 0 unspecified atom stereocenters. The maximum atomic E-state index is 13.3. The van der Waals surface area contributed by atoms with Crippen molar-refractivity contribution in [2.45, 2.75) is 38.8 Å². The van der Waals surface area contributed by atoms with E-state index in [1.165, 1.54) is 44.2 Å². The average molecular weight is 717 g/mol. The van der Waals surface area contributed by atoms with Crippen LogP contribution in [0.4, 0.5) is 32.0 Å². The fraction of sp³-hybridized carbons (Fsp3) is 0.333. The summed E-state index contributed by atoms with van der Waals surface area (Å²) in [4.78, 5) is 28.7. The summed E-state index contributed by atoms with van der Waals surface area (Å²) in [6.45, 7) is 2.33. The molecule has 0 aliphatic heterocycles. The third-order valence-corrected chi connectivity index (χ3v) is 7.47. The Balaban J connectivity index is 1.84. The number of nitrogens with zero attached hydrogens (tertiary/aromatic N) is 3. The first-order valence-corrected chi connectivity index (χ1v) is 14.7. The van der Waals surface area contributed by atoms with Gasteiger partial charge < -0.3 is 10.6 Å². The number of aromatic nitrogens is 3. The van der Waals surface area contributed by atoms with Gasteiger partial charge in [0.05, 0.1) is 23.4 Å². The largest absolute Gasteiger partial charge is 0.453 e. The normalized spacial score (nSPS) is 13.1. The molecule has 41 heavy (non-hydrogen) atoms. The highest BCUT2D eigenvalue weighted by atomic mass is 127. The van der Waals surface area contributed by atoms with E-state index >= 15 is 0 Å². The van der Waals surface area contributed by atoms with Crippen molar-refractivity contribution in [2.24, 2.45) is 0 Å². The summed E-state index contributed by atoms with van der Waals surface area (Å²) in [5, 5.41) is 8.14. The number of carbonyl (C=O) groups excluding carboxylic acids is 2. The molecule has 3 rings (SSSR count).